The van der Waals surface area contributed by atoms with Crippen molar-refractivity contribution in [2.24, 2.45) is 0 Å². The van der Waals surface area contributed by atoms with Crippen LogP contribution < -0.4 is 0 Å². The van der Waals surface area contributed by atoms with Crippen LogP contribution in [-0.2, 0) is 6.42 Å². The molecule has 18 heavy (non-hydrogen) atoms. The minimum atomic E-state index is -4.26. The molecule has 1 N–H and O–H groups in total. The predicted octanol–water partition coefficient (Wildman–Crippen LogP) is 2.33. The van der Waals surface area contributed by atoms with Crippen molar-refractivity contribution < 1.29 is 22.8 Å². The summed E-state index contributed by atoms with van der Waals surface area (Å²) in [7, 11) is 0. The van der Waals surface area contributed by atoms with Crippen LogP contribution in [0.1, 0.15) is 12.2 Å². The molecule has 2 rings (SSSR count). The lowest BCUT2D eigenvalue weighted by atomic mass is 10.2. The highest BCUT2D eigenvalue weighted by Crippen LogP contribution is 2.27. The first-order valence-electron chi connectivity index (χ1n) is 4.98. The molecular formula is C10H8F3N3O2. The van der Waals surface area contributed by atoms with Crippen LogP contribution in [-0.4, -0.2) is 26.4 Å². The fraction of sp³-hybridized carbons (Fsp3) is 0.300. The monoisotopic (exact) mass is 259 g/mol. The fourth-order valence-corrected chi connectivity index (χ4v) is 1.29. The van der Waals surface area contributed by atoms with Crippen LogP contribution in [0.15, 0.2) is 23.0 Å². The van der Waals surface area contributed by atoms with Gasteiger partial charge in [-0.3, -0.25) is 4.98 Å². The second-order valence-corrected chi connectivity index (χ2v) is 3.52. The van der Waals surface area contributed by atoms with Gasteiger partial charge in [0, 0.05) is 12.6 Å². The SMILES string of the molecule is Oc1cnccc1-c1nc(CCC(F)(F)F)no1. The number of halogens is 3. The number of aromatic nitrogens is 3. The van der Waals surface area contributed by atoms with Crippen LogP contribution in [0.3, 0.4) is 0 Å². The van der Waals surface area contributed by atoms with Crippen molar-refractivity contribution >= 4 is 0 Å². The van der Waals surface area contributed by atoms with Crippen LogP contribution in [0.5, 0.6) is 5.75 Å². The normalized spacial score (nSPS) is 11.7. The van der Waals surface area contributed by atoms with E-state index in [0.717, 1.165) is 0 Å². The molecule has 0 aliphatic carbocycles. The molecule has 0 aliphatic rings. The van der Waals surface area contributed by atoms with Gasteiger partial charge in [0.15, 0.2) is 5.82 Å². The quantitative estimate of drug-likeness (QED) is 0.915. The summed E-state index contributed by atoms with van der Waals surface area (Å²) < 4.78 is 40.8. The zero-order chi connectivity index (χ0) is 13.2. The molecule has 0 amide bonds. The third-order valence-corrected chi connectivity index (χ3v) is 2.13. The number of nitrogens with zero attached hydrogens (tertiary/aromatic N) is 3. The molecule has 0 saturated heterocycles. The molecule has 0 bridgehead atoms. The van der Waals surface area contributed by atoms with E-state index in [-0.39, 0.29) is 29.4 Å². The van der Waals surface area contributed by atoms with Crippen LogP contribution in [0, 0.1) is 0 Å². The van der Waals surface area contributed by atoms with Gasteiger partial charge in [-0.15, -0.1) is 0 Å². The lowest BCUT2D eigenvalue weighted by molar-refractivity contribution is -0.134. The summed E-state index contributed by atoms with van der Waals surface area (Å²) in [5, 5.41) is 12.9. The molecule has 0 spiro atoms. The average molecular weight is 259 g/mol. The second-order valence-electron chi connectivity index (χ2n) is 3.52. The van der Waals surface area contributed by atoms with E-state index in [1.165, 1.54) is 18.5 Å². The summed E-state index contributed by atoms with van der Waals surface area (Å²) in [6, 6.07) is 1.43. The van der Waals surface area contributed by atoms with Gasteiger partial charge in [0.2, 0.25) is 0 Å². The molecule has 0 fully saturated rings. The lowest BCUT2D eigenvalue weighted by Gasteiger charge is -2.01. The highest BCUT2D eigenvalue weighted by Gasteiger charge is 2.27. The number of pyridine rings is 1. The molecule has 96 valence electrons. The second kappa shape index (κ2) is 4.63. The van der Waals surface area contributed by atoms with Crippen LogP contribution >= 0.6 is 0 Å². The summed E-state index contributed by atoms with van der Waals surface area (Å²) in [6.45, 7) is 0. The van der Waals surface area contributed by atoms with Gasteiger partial charge < -0.3 is 9.63 Å². The molecule has 0 unspecified atom stereocenters. The Labute approximate surface area is 99.3 Å². The number of alkyl halides is 3. The van der Waals surface area contributed by atoms with Crippen molar-refractivity contribution in [2.75, 3.05) is 0 Å². The van der Waals surface area contributed by atoms with Crippen molar-refractivity contribution in [3.05, 3.63) is 24.3 Å². The molecule has 0 radical (unpaired) electrons. The van der Waals surface area contributed by atoms with Crippen molar-refractivity contribution in [3.63, 3.8) is 0 Å². The summed E-state index contributed by atoms with van der Waals surface area (Å²) in [5.41, 5.74) is 0.232. The molecule has 0 saturated carbocycles. The smallest absolute Gasteiger partial charge is 0.389 e. The molecule has 5 nitrogen and oxygen atoms in total. The number of hydrogen-bond acceptors (Lipinski definition) is 5. The third kappa shape index (κ3) is 2.96. The van der Waals surface area contributed by atoms with E-state index in [1.807, 2.05) is 0 Å². The fourth-order valence-electron chi connectivity index (χ4n) is 1.29. The van der Waals surface area contributed by atoms with Crippen molar-refractivity contribution in [1.29, 1.82) is 0 Å². The number of hydrogen-bond donors (Lipinski definition) is 1. The number of aryl methyl sites for hydroxylation is 1. The van der Waals surface area contributed by atoms with Crippen molar-refractivity contribution in [3.8, 4) is 17.2 Å². The molecule has 0 aliphatic heterocycles. The van der Waals surface area contributed by atoms with Gasteiger partial charge >= 0.3 is 6.18 Å². The maximum absolute atomic E-state index is 12.0. The van der Waals surface area contributed by atoms with Gasteiger partial charge in [0.05, 0.1) is 18.2 Å². The Morgan fingerprint density at radius 1 is 1.33 bits per heavy atom. The van der Waals surface area contributed by atoms with E-state index < -0.39 is 12.6 Å². The first-order valence-corrected chi connectivity index (χ1v) is 4.98. The van der Waals surface area contributed by atoms with E-state index in [2.05, 4.69) is 15.1 Å². The van der Waals surface area contributed by atoms with Crippen molar-refractivity contribution in [1.82, 2.24) is 15.1 Å². The summed E-state index contributed by atoms with van der Waals surface area (Å²) >= 11 is 0. The first kappa shape index (κ1) is 12.3. The number of rotatable bonds is 3. The molecule has 8 heteroatoms. The highest BCUT2D eigenvalue weighted by atomic mass is 19.4. The molecule has 2 heterocycles. The van der Waals surface area contributed by atoms with Gasteiger partial charge in [-0.2, -0.15) is 18.2 Å². The van der Waals surface area contributed by atoms with E-state index in [0.29, 0.717) is 0 Å². The predicted molar refractivity (Wildman–Crippen MR) is 53.6 cm³/mol. The summed E-state index contributed by atoms with van der Waals surface area (Å²) in [4.78, 5) is 7.44. The van der Waals surface area contributed by atoms with Gasteiger partial charge in [-0.25, -0.2) is 0 Å². The standard InChI is InChI=1S/C10H8F3N3O2/c11-10(12,13)3-1-8-15-9(18-16-8)6-2-4-14-5-7(6)17/h2,4-5,17H,1,3H2. The Hall–Kier alpha value is -2.12. The average Bonchev–Trinajstić information content (AvgIpc) is 2.75. The van der Waals surface area contributed by atoms with Crippen molar-refractivity contribution in [2.45, 2.75) is 19.0 Å². The summed E-state index contributed by atoms with van der Waals surface area (Å²) in [5.74, 6) is -0.269. The topological polar surface area (TPSA) is 72.0 Å². The van der Waals surface area contributed by atoms with Crippen LogP contribution in [0.25, 0.3) is 11.5 Å². The highest BCUT2D eigenvalue weighted by molar-refractivity contribution is 5.60. The van der Waals surface area contributed by atoms with Gasteiger partial charge in [-0.05, 0) is 6.07 Å². The first-order chi connectivity index (χ1) is 8.46. The Morgan fingerprint density at radius 3 is 2.78 bits per heavy atom. The third-order valence-electron chi connectivity index (χ3n) is 2.13. The Kier molecular flexibility index (Phi) is 3.17. The largest absolute Gasteiger partial charge is 0.505 e. The van der Waals surface area contributed by atoms with E-state index >= 15 is 0 Å². The lowest BCUT2D eigenvalue weighted by Crippen LogP contribution is -2.09. The number of aromatic hydroxyl groups is 1. The van der Waals surface area contributed by atoms with E-state index in [1.54, 1.807) is 0 Å². The molecule has 0 aromatic carbocycles. The van der Waals surface area contributed by atoms with Crippen LogP contribution in [0.4, 0.5) is 13.2 Å². The summed E-state index contributed by atoms with van der Waals surface area (Å²) in [6.07, 6.45) is -3.07. The Morgan fingerprint density at radius 2 is 2.11 bits per heavy atom. The molecule has 2 aromatic heterocycles. The minimum Gasteiger partial charge on any atom is -0.505 e. The minimum absolute atomic E-state index is 0.0351. The molecule has 2 aromatic rings. The van der Waals surface area contributed by atoms with Gasteiger partial charge in [0.25, 0.3) is 5.89 Å². The Bertz CT molecular complexity index is 539. The van der Waals surface area contributed by atoms with Crippen LogP contribution in [0.2, 0.25) is 0 Å². The zero-order valence-corrected chi connectivity index (χ0v) is 8.98. The molecular weight excluding hydrogens is 251 g/mol. The van der Waals surface area contributed by atoms with Gasteiger partial charge in [0.1, 0.15) is 5.75 Å². The zero-order valence-electron chi connectivity index (χ0n) is 8.98. The Balaban J connectivity index is 2.14. The molecule has 0 atom stereocenters. The maximum Gasteiger partial charge on any atom is 0.389 e. The van der Waals surface area contributed by atoms with Gasteiger partial charge in [-0.1, -0.05) is 5.16 Å². The maximum atomic E-state index is 12.0. The van der Waals surface area contributed by atoms with E-state index in [4.69, 9.17) is 4.52 Å². The van der Waals surface area contributed by atoms with E-state index in [9.17, 15) is 18.3 Å².